The normalized spacial score (nSPS) is 21.6. The van der Waals surface area contributed by atoms with E-state index in [1.165, 1.54) is 23.5 Å². The van der Waals surface area contributed by atoms with Gasteiger partial charge >= 0.3 is 5.97 Å². The highest BCUT2D eigenvalue weighted by Crippen LogP contribution is 2.30. The summed E-state index contributed by atoms with van der Waals surface area (Å²) in [5.41, 5.74) is -0.675. The maximum absolute atomic E-state index is 13.7. The number of rotatable bonds is 9. The van der Waals surface area contributed by atoms with Crippen molar-refractivity contribution in [2.24, 2.45) is 17.3 Å². The number of amides is 3. The first-order chi connectivity index (χ1) is 16.8. The summed E-state index contributed by atoms with van der Waals surface area (Å²) in [6.45, 7) is 12.6. The minimum atomic E-state index is -1.03. The number of carbonyl (C=O) groups excluding carboxylic acids is 4. The number of nitrogens with zero attached hydrogens (tertiary/aromatic N) is 3. The second-order valence-electron chi connectivity index (χ2n) is 10.6. The molecule has 1 aromatic rings. The first kappa shape index (κ1) is 29.2. The number of aromatic nitrogens is 2. The number of hydrogen-bond donors (Lipinski definition) is 3. The summed E-state index contributed by atoms with van der Waals surface area (Å²) in [4.78, 5) is 61.6. The van der Waals surface area contributed by atoms with Crippen LogP contribution in [0.3, 0.4) is 0 Å². The Morgan fingerprint density at radius 2 is 1.86 bits per heavy atom. The van der Waals surface area contributed by atoms with Crippen LogP contribution in [0.4, 0.5) is 0 Å². The van der Waals surface area contributed by atoms with Gasteiger partial charge in [0.25, 0.3) is 5.91 Å². The average Bonchev–Trinajstić information content (AvgIpc) is 3.12. The fourth-order valence-electron chi connectivity index (χ4n) is 4.05. The lowest BCUT2D eigenvalue weighted by atomic mass is 9.85. The van der Waals surface area contributed by atoms with E-state index in [-0.39, 0.29) is 24.8 Å². The van der Waals surface area contributed by atoms with Gasteiger partial charge in [-0.25, -0.2) is 9.78 Å². The van der Waals surface area contributed by atoms with Gasteiger partial charge in [-0.15, -0.1) is 0 Å². The zero-order valence-corrected chi connectivity index (χ0v) is 22.1. The van der Waals surface area contributed by atoms with E-state index in [1.54, 1.807) is 41.5 Å². The Kier molecular flexibility index (Phi) is 9.92. The zero-order valence-electron chi connectivity index (χ0n) is 22.1. The lowest BCUT2D eigenvalue weighted by Crippen LogP contribution is -2.61. The largest absolute Gasteiger partial charge is 0.464 e. The van der Waals surface area contributed by atoms with Crippen molar-refractivity contribution in [3.8, 4) is 0 Å². The summed E-state index contributed by atoms with van der Waals surface area (Å²) in [5.74, 6) is -3.01. The van der Waals surface area contributed by atoms with Crippen molar-refractivity contribution in [3.63, 3.8) is 0 Å². The van der Waals surface area contributed by atoms with E-state index in [0.717, 1.165) is 0 Å². The third-order valence-corrected chi connectivity index (χ3v) is 6.23. The molecule has 3 N–H and O–H groups in total. The molecule has 0 aromatic carbocycles. The van der Waals surface area contributed by atoms with Crippen molar-refractivity contribution >= 4 is 23.7 Å². The molecule has 1 aliphatic rings. The lowest BCUT2D eigenvalue weighted by molar-refractivity contribution is -0.156. The van der Waals surface area contributed by atoms with Crippen molar-refractivity contribution in [2.75, 3.05) is 13.2 Å². The zero-order chi connectivity index (χ0) is 27.2. The average molecular weight is 506 g/mol. The summed E-state index contributed by atoms with van der Waals surface area (Å²) >= 11 is 0. The van der Waals surface area contributed by atoms with Gasteiger partial charge in [0.2, 0.25) is 11.8 Å². The highest BCUT2D eigenvalue weighted by Gasteiger charge is 2.49. The van der Waals surface area contributed by atoms with Gasteiger partial charge in [0.15, 0.2) is 0 Å². The Labute approximate surface area is 212 Å². The Morgan fingerprint density at radius 1 is 1.19 bits per heavy atom. The molecule has 1 unspecified atom stereocenters. The number of esters is 1. The molecular weight excluding hydrogens is 466 g/mol. The van der Waals surface area contributed by atoms with Gasteiger partial charge in [0.05, 0.1) is 18.9 Å². The molecule has 0 radical (unpaired) electrons. The number of ether oxygens (including phenoxy) is 1. The smallest absolute Gasteiger partial charge is 0.329 e. The molecule has 0 spiro atoms. The molecular formula is C25H39N5O6. The van der Waals surface area contributed by atoms with Crippen LogP contribution in [0.1, 0.15) is 65.4 Å². The van der Waals surface area contributed by atoms with Crippen LogP contribution < -0.4 is 10.6 Å². The van der Waals surface area contributed by atoms with Crippen molar-refractivity contribution in [3.05, 3.63) is 24.3 Å². The first-order valence-electron chi connectivity index (χ1n) is 12.3. The van der Waals surface area contributed by atoms with Crippen LogP contribution in [-0.2, 0) is 19.1 Å². The van der Waals surface area contributed by atoms with Crippen LogP contribution in [0.15, 0.2) is 18.6 Å². The van der Waals surface area contributed by atoms with E-state index >= 15 is 0 Å². The fraction of sp³-hybridized carbons (Fsp3) is 0.680. The molecule has 0 bridgehead atoms. The lowest BCUT2D eigenvalue weighted by Gasteiger charge is -2.36. The molecule has 0 saturated carbocycles. The Bertz CT molecular complexity index is 933. The SMILES string of the molecule is CCCOC(=O)[C@@H]1[C@@H](C)[C@@H](O)CN1C(=O)[C@@H](NC(=O)C(NC(=O)c1cnccn1)C(C)C)C(C)(C)C. The molecule has 11 nitrogen and oxygen atoms in total. The van der Waals surface area contributed by atoms with Crippen LogP contribution in [0, 0.1) is 17.3 Å². The quantitative estimate of drug-likeness (QED) is 0.419. The van der Waals surface area contributed by atoms with Crippen molar-refractivity contribution in [1.29, 1.82) is 0 Å². The Balaban J connectivity index is 2.27. The second kappa shape index (κ2) is 12.2. The summed E-state index contributed by atoms with van der Waals surface area (Å²) in [6, 6.07) is -2.94. The first-order valence-corrected chi connectivity index (χ1v) is 12.3. The number of nitrogens with one attached hydrogen (secondary N) is 2. The van der Waals surface area contributed by atoms with Crippen molar-refractivity contribution in [2.45, 2.75) is 79.1 Å². The molecule has 2 heterocycles. The van der Waals surface area contributed by atoms with Crippen molar-refractivity contribution < 1.29 is 29.0 Å². The van der Waals surface area contributed by atoms with Crippen LogP contribution in [0.25, 0.3) is 0 Å². The predicted octanol–water partition coefficient (Wildman–Crippen LogP) is 0.923. The number of aliphatic hydroxyl groups excluding tert-OH is 1. The van der Waals surface area contributed by atoms with Gasteiger partial charge in [-0.3, -0.25) is 19.4 Å². The van der Waals surface area contributed by atoms with E-state index in [4.69, 9.17) is 4.74 Å². The molecule has 200 valence electrons. The van der Waals surface area contributed by atoms with Gasteiger partial charge in [-0.05, 0) is 17.8 Å². The second-order valence-corrected chi connectivity index (χ2v) is 10.6. The van der Waals surface area contributed by atoms with Gasteiger partial charge in [-0.2, -0.15) is 0 Å². The molecule has 1 aromatic heterocycles. The number of aliphatic hydroxyl groups is 1. The van der Waals surface area contributed by atoms with Crippen LogP contribution in [0.5, 0.6) is 0 Å². The molecule has 1 saturated heterocycles. The third kappa shape index (κ3) is 6.99. The summed E-state index contributed by atoms with van der Waals surface area (Å²) in [5, 5.41) is 15.9. The minimum absolute atomic E-state index is 0.0502. The van der Waals surface area contributed by atoms with Gasteiger partial charge < -0.3 is 25.4 Å². The maximum atomic E-state index is 13.7. The molecule has 11 heteroatoms. The van der Waals surface area contributed by atoms with Crippen LogP contribution in [-0.4, -0.2) is 81.0 Å². The number of β-amino-alcohol motifs (C(OH)–C–C–N with tert-alkyl or cyclic N) is 1. The standard InChI is InChI=1S/C25H39N5O6/c1-8-11-36-24(35)19-15(4)17(31)13-30(19)23(34)20(25(5,6)7)29-22(33)18(14(2)3)28-21(32)16-12-26-9-10-27-16/h9-10,12,14-15,17-20,31H,8,11,13H2,1-7H3,(H,28,32)(H,29,33)/t15-,17-,18?,19-,20+/m0/s1. The van der Waals surface area contributed by atoms with E-state index < -0.39 is 59.3 Å². The number of carbonyl (C=O) groups is 4. The van der Waals surface area contributed by atoms with Gasteiger partial charge in [0, 0.05) is 24.9 Å². The van der Waals surface area contributed by atoms with Crippen LogP contribution in [0.2, 0.25) is 0 Å². The summed E-state index contributed by atoms with van der Waals surface area (Å²) in [7, 11) is 0. The van der Waals surface area contributed by atoms with E-state index in [1.807, 2.05) is 6.92 Å². The molecule has 1 fully saturated rings. The summed E-state index contributed by atoms with van der Waals surface area (Å²) < 4.78 is 5.29. The van der Waals surface area contributed by atoms with Gasteiger partial charge in [-0.1, -0.05) is 48.5 Å². The minimum Gasteiger partial charge on any atom is -0.464 e. The van der Waals surface area contributed by atoms with Gasteiger partial charge in [0.1, 0.15) is 23.8 Å². The molecule has 1 aliphatic heterocycles. The van der Waals surface area contributed by atoms with E-state index in [0.29, 0.717) is 6.42 Å². The van der Waals surface area contributed by atoms with E-state index in [9.17, 15) is 24.3 Å². The molecule has 0 aliphatic carbocycles. The van der Waals surface area contributed by atoms with Crippen LogP contribution >= 0.6 is 0 Å². The predicted molar refractivity (Wildman–Crippen MR) is 131 cm³/mol. The molecule has 3 amide bonds. The highest BCUT2D eigenvalue weighted by molar-refractivity contribution is 5.97. The maximum Gasteiger partial charge on any atom is 0.329 e. The number of likely N-dealkylation sites (tertiary alicyclic amines) is 1. The highest BCUT2D eigenvalue weighted by atomic mass is 16.5. The van der Waals surface area contributed by atoms with Crippen molar-refractivity contribution in [1.82, 2.24) is 25.5 Å². The topological polar surface area (TPSA) is 151 Å². The fourth-order valence-corrected chi connectivity index (χ4v) is 4.05. The Morgan fingerprint density at radius 3 is 2.39 bits per heavy atom. The molecule has 2 rings (SSSR count). The Hall–Kier alpha value is -3.08. The molecule has 5 atom stereocenters. The van der Waals surface area contributed by atoms with E-state index in [2.05, 4.69) is 20.6 Å². The molecule has 36 heavy (non-hydrogen) atoms. The number of hydrogen-bond acceptors (Lipinski definition) is 8. The monoisotopic (exact) mass is 505 g/mol. The third-order valence-electron chi connectivity index (χ3n) is 6.23. The summed E-state index contributed by atoms with van der Waals surface area (Å²) in [6.07, 6.45) is 3.83.